The summed E-state index contributed by atoms with van der Waals surface area (Å²) in [5.41, 5.74) is 0.197. The third-order valence-corrected chi connectivity index (χ3v) is 3.20. The minimum absolute atomic E-state index is 0.172. The van der Waals surface area contributed by atoms with Gasteiger partial charge in [0.25, 0.3) is 5.56 Å². The first-order valence-electron chi connectivity index (χ1n) is 7.12. The van der Waals surface area contributed by atoms with Crippen molar-refractivity contribution in [3.05, 3.63) is 16.6 Å². The van der Waals surface area contributed by atoms with E-state index in [1.165, 1.54) is 0 Å². The van der Waals surface area contributed by atoms with Crippen molar-refractivity contribution in [2.45, 2.75) is 33.2 Å². The number of rotatable bonds is 5. The second-order valence-corrected chi connectivity index (χ2v) is 5.97. The van der Waals surface area contributed by atoms with E-state index in [2.05, 4.69) is 15.1 Å². The van der Waals surface area contributed by atoms with Crippen LogP contribution in [0.2, 0.25) is 0 Å². The Labute approximate surface area is 123 Å². The molecule has 0 aliphatic heterocycles. The molecule has 0 amide bonds. The third-order valence-electron chi connectivity index (χ3n) is 3.20. The van der Waals surface area contributed by atoms with Crippen molar-refractivity contribution in [2.75, 3.05) is 31.7 Å². The van der Waals surface area contributed by atoms with Crippen LogP contribution in [-0.4, -0.2) is 46.6 Å². The molecule has 2 aromatic heterocycles. The molecule has 0 aliphatic carbocycles. The van der Waals surface area contributed by atoms with Crippen LogP contribution in [0.4, 0.5) is 5.95 Å². The fourth-order valence-corrected chi connectivity index (χ4v) is 2.03. The van der Waals surface area contributed by atoms with Crippen LogP contribution in [0.3, 0.4) is 0 Å². The summed E-state index contributed by atoms with van der Waals surface area (Å²) in [5.74, 6) is 0.526. The summed E-state index contributed by atoms with van der Waals surface area (Å²) in [5, 5.41) is 4.80. The first-order chi connectivity index (χ1) is 9.84. The average molecular weight is 293 g/mol. The lowest BCUT2D eigenvalue weighted by molar-refractivity contribution is 0.154. The number of fused-ring (bicyclic) bond motifs is 1. The minimum Gasteiger partial charge on any atom is -0.380 e. The van der Waals surface area contributed by atoms with Crippen molar-refractivity contribution in [3.8, 4) is 0 Å². The number of aromatic amines is 1. The van der Waals surface area contributed by atoms with E-state index in [-0.39, 0.29) is 11.1 Å². The molecule has 0 bridgehead atoms. The second-order valence-electron chi connectivity index (χ2n) is 5.97. The van der Waals surface area contributed by atoms with Crippen molar-refractivity contribution >= 4 is 17.0 Å². The average Bonchev–Trinajstić information content (AvgIpc) is 2.83. The Balaban J connectivity index is 2.40. The van der Waals surface area contributed by atoms with Crippen LogP contribution in [0.5, 0.6) is 0 Å². The highest BCUT2D eigenvalue weighted by molar-refractivity contribution is 5.74. The lowest BCUT2D eigenvalue weighted by Crippen LogP contribution is -2.28. The van der Waals surface area contributed by atoms with Gasteiger partial charge >= 0.3 is 0 Å². The number of H-pyrrole nitrogens is 1. The smallest absolute Gasteiger partial charge is 0.263 e. The Kier molecular flexibility index (Phi) is 4.32. The zero-order valence-electron chi connectivity index (χ0n) is 13.3. The highest BCUT2D eigenvalue weighted by atomic mass is 16.5. The van der Waals surface area contributed by atoms with Crippen LogP contribution in [0.15, 0.2) is 11.0 Å². The Morgan fingerprint density at radius 3 is 2.76 bits per heavy atom. The zero-order valence-corrected chi connectivity index (χ0v) is 13.3. The minimum atomic E-state index is -0.232. The maximum Gasteiger partial charge on any atom is 0.263 e. The van der Waals surface area contributed by atoms with Gasteiger partial charge in [0.2, 0.25) is 5.95 Å². The molecule has 0 fully saturated rings. The van der Waals surface area contributed by atoms with Crippen molar-refractivity contribution in [1.82, 2.24) is 19.7 Å². The maximum atomic E-state index is 12.2. The van der Waals surface area contributed by atoms with Crippen molar-refractivity contribution in [2.24, 2.45) is 0 Å². The van der Waals surface area contributed by atoms with Crippen LogP contribution in [0, 0.1) is 0 Å². The van der Waals surface area contributed by atoms with Gasteiger partial charge in [0.05, 0.1) is 18.3 Å². The summed E-state index contributed by atoms with van der Waals surface area (Å²) in [7, 11) is 1.88. The number of nitrogens with one attached hydrogen (secondary N) is 1. The highest BCUT2D eigenvalue weighted by Gasteiger charge is 2.20. The van der Waals surface area contributed by atoms with E-state index in [1.54, 1.807) is 10.9 Å². The molecule has 0 radical (unpaired) electrons. The van der Waals surface area contributed by atoms with Crippen molar-refractivity contribution in [1.29, 1.82) is 0 Å². The fraction of sp³-hybridized carbons (Fsp3) is 0.643. The number of ether oxygens (including phenoxy) is 1. The molecular weight excluding hydrogens is 270 g/mol. The summed E-state index contributed by atoms with van der Waals surface area (Å²) in [6, 6.07) is 0. The summed E-state index contributed by atoms with van der Waals surface area (Å²) < 4.78 is 7.10. The number of aromatic nitrogens is 4. The van der Waals surface area contributed by atoms with Gasteiger partial charge in [-0.2, -0.15) is 10.1 Å². The molecule has 21 heavy (non-hydrogen) atoms. The summed E-state index contributed by atoms with van der Waals surface area (Å²) in [6.45, 7) is 9.96. The SMILES string of the molecule is CCOCCN(C)c1nc2c(cnn2C(C)(C)C)c(=O)[nH]1. The van der Waals surface area contributed by atoms with Crippen LogP contribution >= 0.6 is 0 Å². The molecule has 0 saturated carbocycles. The molecule has 2 heterocycles. The molecule has 0 aliphatic rings. The van der Waals surface area contributed by atoms with Crippen LogP contribution in [0.1, 0.15) is 27.7 Å². The van der Waals surface area contributed by atoms with Crippen LogP contribution in [-0.2, 0) is 10.3 Å². The molecule has 7 nitrogen and oxygen atoms in total. The van der Waals surface area contributed by atoms with E-state index < -0.39 is 0 Å². The Bertz CT molecular complexity index is 668. The van der Waals surface area contributed by atoms with Gasteiger partial charge in [0, 0.05) is 20.2 Å². The number of hydrogen-bond donors (Lipinski definition) is 1. The molecule has 2 aromatic rings. The van der Waals surface area contributed by atoms with Crippen LogP contribution in [0.25, 0.3) is 11.0 Å². The molecule has 1 N–H and O–H groups in total. The number of likely N-dealkylation sites (N-methyl/N-ethyl adjacent to an activating group) is 1. The van der Waals surface area contributed by atoms with E-state index in [0.717, 1.165) is 0 Å². The molecule has 0 saturated heterocycles. The summed E-state index contributed by atoms with van der Waals surface area (Å²) in [4.78, 5) is 21.4. The Hall–Kier alpha value is -1.89. The summed E-state index contributed by atoms with van der Waals surface area (Å²) >= 11 is 0. The van der Waals surface area contributed by atoms with E-state index in [9.17, 15) is 4.79 Å². The normalized spacial score (nSPS) is 12.0. The molecule has 0 spiro atoms. The van der Waals surface area contributed by atoms with E-state index in [0.29, 0.717) is 36.7 Å². The monoisotopic (exact) mass is 293 g/mol. The third kappa shape index (κ3) is 3.24. The van der Waals surface area contributed by atoms with Crippen molar-refractivity contribution in [3.63, 3.8) is 0 Å². The number of anilines is 1. The van der Waals surface area contributed by atoms with Gasteiger partial charge in [0.15, 0.2) is 5.65 Å². The van der Waals surface area contributed by atoms with E-state index in [4.69, 9.17) is 4.74 Å². The van der Waals surface area contributed by atoms with Gasteiger partial charge in [-0.15, -0.1) is 0 Å². The standard InChI is InChI=1S/C14H23N5O2/c1-6-21-8-7-18(5)13-16-11-10(12(20)17-13)9-15-19(11)14(2,3)4/h9H,6-8H2,1-5H3,(H,16,17,20). The molecule has 0 aromatic carbocycles. The van der Waals surface area contributed by atoms with Gasteiger partial charge in [-0.3, -0.25) is 9.78 Å². The van der Waals surface area contributed by atoms with E-state index in [1.807, 2.05) is 39.6 Å². The van der Waals surface area contributed by atoms with Gasteiger partial charge in [-0.25, -0.2) is 4.68 Å². The van der Waals surface area contributed by atoms with Crippen LogP contribution < -0.4 is 10.5 Å². The fourth-order valence-electron chi connectivity index (χ4n) is 2.03. The first-order valence-corrected chi connectivity index (χ1v) is 7.12. The lowest BCUT2D eigenvalue weighted by Gasteiger charge is -2.21. The van der Waals surface area contributed by atoms with E-state index >= 15 is 0 Å². The zero-order chi connectivity index (χ0) is 15.6. The van der Waals surface area contributed by atoms with Crippen molar-refractivity contribution < 1.29 is 4.74 Å². The Morgan fingerprint density at radius 2 is 2.14 bits per heavy atom. The predicted molar refractivity (Wildman–Crippen MR) is 82.9 cm³/mol. The van der Waals surface area contributed by atoms with Gasteiger partial charge in [0.1, 0.15) is 5.39 Å². The molecule has 116 valence electrons. The molecular formula is C14H23N5O2. The largest absolute Gasteiger partial charge is 0.380 e. The quantitative estimate of drug-likeness (QED) is 0.842. The van der Waals surface area contributed by atoms with Gasteiger partial charge in [-0.1, -0.05) is 0 Å². The second kappa shape index (κ2) is 5.85. The number of hydrogen-bond acceptors (Lipinski definition) is 5. The predicted octanol–water partition coefficient (Wildman–Crippen LogP) is 1.35. The van der Waals surface area contributed by atoms with Gasteiger partial charge in [-0.05, 0) is 27.7 Å². The lowest BCUT2D eigenvalue weighted by atomic mass is 10.1. The van der Waals surface area contributed by atoms with Gasteiger partial charge < -0.3 is 9.64 Å². The Morgan fingerprint density at radius 1 is 1.43 bits per heavy atom. The number of nitrogens with zero attached hydrogens (tertiary/aromatic N) is 4. The maximum absolute atomic E-state index is 12.2. The first kappa shape index (κ1) is 15.5. The molecule has 0 atom stereocenters. The highest BCUT2D eigenvalue weighted by Crippen LogP contribution is 2.19. The molecule has 7 heteroatoms. The topological polar surface area (TPSA) is 76.0 Å². The molecule has 2 rings (SSSR count). The molecule has 0 unspecified atom stereocenters. The summed E-state index contributed by atoms with van der Waals surface area (Å²) in [6.07, 6.45) is 1.57.